The van der Waals surface area contributed by atoms with Gasteiger partial charge in [0.1, 0.15) is 0 Å². The highest BCUT2D eigenvalue weighted by Gasteiger charge is 2.15. The molecule has 2 aromatic rings. The van der Waals surface area contributed by atoms with Crippen LogP contribution < -0.4 is 10.1 Å². The molecule has 24 heavy (non-hydrogen) atoms. The molecule has 0 aliphatic carbocycles. The molecule has 128 valence electrons. The standard InChI is InChI=1S/C17H18FNO4S/c1-4-23-16-8-6-12(9-15(16)18)19-17(20)14-10-13(24(3,21)22)7-5-11(14)2/h5-10H,4H2,1-3H3,(H,19,20). The number of aryl methyl sites for hydroxylation is 1. The van der Waals surface area contributed by atoms with Gasteiger partial charge in [-0.2, -0.15) is 0 Å². The minimum absolute atomic E-state index is 0.0520. The first-order valence-electron chi connectivity index (χ1n) is 7.26. The Kier molecular flexibility index (Phi) is 5.23. The first-order valence-corrected chi connectivity index (χ1v) is 9.16. The normalized spacial score (nSPS) is 11.2. The highest BCUT2D eigenvalue weighted by atomic mass is 32.2. The lowest BCUT2D eigenvalue weighted by Crippen LogP contribution is -2.14. The molecule has 1 amide bonds. The fourth-order valence-electron chi connectivity index (χ4n) is 2.13. The summed E-state index contributed by atoms with van der Waals surface area (Å²) in [6.45, 7) is 3.77. The van der Waals surface area contributed by atoms with E-state index in [1.165, 1.54) is 24.3 Å². The number of ether oxygens (including phenoxy) is 1. The molecule has 0 saturated carbocycles. The van der Waals surface area contributed by atoms with Gasteiger partial charge in [0, 0.05) is 23.6 Å². The molecule has 2 aromatic carbocycles. The molecule has 0 heterocycles. The molecular formula is C17H18FNO4S. The molecule has 0 atom stereocenters. The van der Waals surface area contributed by atoms with Crippen LogP contribution in [-0.4, -0.2) is 27.2 Å². The lowest BCUT2D eigenvalue weighted by atomic mass is 10.1. The van der Waals surface area contributed by atoms with Gasteiger partial charge in [-0.15, -0.1) is 0 Å². The summed E-state index contributed by atoms with van der Waals surface area (Å²) in [5.41, 5.74) is 1.09. The number of anilines is 1. The predicted molar refractivity (Wildman–Crippen MR) is 89.8 cm³/mol. The number of carbonyl (C=O) groups excluding carboxylic acids is 1. The Bertz CT molecular complexity index is 878. The number of sulfone groups is 1. The minimum Gasteiger partial charge on any atom is -0.491 e. The van der Waals surface area contributed by atoms with Crippen molar-refractivity contribution >= 4 is 21.4 Å². The van der Waals surface area contributed by atoms with E-state index in [1.54, 1.807) is 19.9 Å². The van der Waals surface area contributed by atoms with Crippen LogP contribution in [0.15, 0.2) is 41.3 Å². The minimum atomic E-state index is -3.42. The molecule has 0 radical (unpaired) electrons. The molecule has 0 bridgehead atoms. The van der Waals surface area contributed by atoms with E-state index in [4.69, 9.17) is 4.74 Å². The van der Waals surface area contributed by atoms with Gasteiger partial charge in [0.2, 0.25) is 0 Å². The zero-order valence-corrected chi connectivity index (χ0v) is 14.4. The molecule has 0 unspecified atom stereocenters. The van der Waals surface area contributed by atoms with E-state index in [2.05, 4.69) is 5.32 Å². The number of nitrogens with one attached hydrogen (secondary N) is 1. The van der Waals surface area contributed by atoms with E-state index in [9.17, 15) is 17.6 Å². The van der Waals surface area contributed by atoms with Crippen molar-refractivity contribution in [2.24, 2.45) is 0 Å². The molecule has 0 saturated heterocycles. The number of amides is 1. The smallest absolute Gasteiger partial charge is 0.255 e. The molecule has 1 N–H and O–H groups in total. The van der Waals surface area contributed by atoms with Gasteiger partial charge in [0.25, 0.3) is 5.91 Å². The van der Waals surface area contributed by atoms with Crippen molar-refractivity contribution in [3.8, 4) is 5.75 Å². The van der Waals surface area contributed by atoms with E-state index in [1.807, 2.05) is 0 Å². The van der Waals surface area contributed by atoms with Crippen LogP contribution in [0.1, 0.15) is 22.8 Å². The van der Waals surface area contributed by atoms with Gasteiger partial charge in [0.05, 0.1) is 11.5 Å². The van der Waals surface area contributed by atoms with Crippen molar-refractivity contribution in [3.05, 3.63) is 53.3 Å². The van der Waals surface area contributed by atoms with Crippen LogP contribution in [0.25, 0.3) is 0 Å². The van der Waals surface area contributed by atoms with E-state index in [0.29, 0.717) is 12.2 Å². The van der Waals surface area contributed by atoms with Crippen LogP contribution in [0.5, 0.6) is 5.75 Å². The Labute approximate surface area is 140 Å². The zero-order chi connectivity index (χ0) is 17.9. The van der Waals surface area contributed by atoms with Gasteiger partial charge in [-0.25, -0.2) is 12.8 Å². The highest BCUT2D eigenvalue weighted by molar-refractivity contribution is 7.90. The number of rotatable bonds is 5. The first kappa shape index (κ1) is 17.9. The Hall–Kier alpha value is -2.41. The topological polar surface area (TPSA) is 72.5 Å². The maximum atomic E-state index is 13.8. The summed E-state index contributed by atoms with van der Waals surface area (Å²) in [7, 11) is -3.42. The Balaban J connectivity index is 2.29. The van der Waals surface area contributed by atoms with Crippen molar-refractivity contribution in [1.29, 1.82) is 0 Å². The van der Waals surface area contributed by atoms with Crippen LogP contribution in [-0.2, 0) is 9.84 Å². The summed E-state index contributed by atoms with van der Waals surface area (Å²) in [4.78, 5) is 12.4. The second-order valence-corrected chi connectivity index (χ2v) is 7.30. The van der Waals surface area contributed by atoms with E-state index < -0.39 is 21.6 Å². The predicted octanol–water partition coefficient (Wildman–Crippen LogP) is 3.19. The summed E-state index contributed by atoms with van der Waals surface area (Å²) in [6, 6.07) is 8.40. The molecule has 0 aromatic heterocycles. The number of hydrogen-bond donors (Lipinski definition) is 1. The summed E-state index contributed by atoms with van der Waals surface area (Å²) < 4.78 is 42.2. The molecule has 0 aliphatic rings. The number of carbonyl (C=O) groups is 1. The molecule has 0 spiro atoms. The molecule has 2 rings (SSSR count). The van der Waals surface area contributed by atoms with Crippen LogP contribution >= 0.6 is 0 Å². The number of halogens is 1. The lowest BCUT2D eigenvalue weighted by molar-refractivity contribution is 0.102. The zero-order valence-electron chi connectivity index (χ0n) is 13.6. The Morgan fingerprint density at radius 3 is 2.50 bits per heavy atom. The average molecular weight is 351 g/mol. The maximum Gasteiger partial charge on any atom is 0.255 e. The van der Waals surface area contributed by atoms with Gasteiger partial charge in [-0.1, -0.05) is 6.07 Å². The van der Waals surface area contributed by atoms with Crippen LogP contribution in [0.2, 0.25) is 0 Å². The summed E-state index contributed by atoms with van der Waals surface area (Å²) in [6.07, 6.45) is 1.07. The molecule has 7 heteroatoms. The third-order valence-electron chi connectivity index (χ3n) is 3.37. The van der Waals surface area contributed by atoms with Crippen molar-refractivity contribution in [2.45, 2.75) is 18.7 Å². The van der Waals surface area contributed by atoms with Crippen LogP contribution in [0, 0.1) is 12.7 Å². The van der Waals surface area contributed by atoms with Crippen LogP contribution in [0.3, 0.4) is 0 Å². The summed E-state index contributed by atoms with van der Waals surface area (Å²) in [5, 5.41) is 2.56. The third-order valence-corrected chi connectivity index (χ3v) is 4.48. The van der Waals surface area contributed by atoms with Crippen molar-refractivity contribution < 1.29 is 22.3 Å². The second-order valence-electron chi connectivity index (χ2n) is 5.28. The molecule has 0 aliphatic heterocycles. The van der Waals surface area contributed by atoms with Crippen molar-refractivity contribution in [3.63, 3.8) is 0 Å². The van der Waals surface area contributed by atoms with Gasteiger partial charge in [-0.05, 0) is 43.7 Å². The Morgan fingerprint density at radius 1 is 1.21 bits per heavy atom. The number of hydrogen-bond acceptors (Lipinski definition) is 4. The third kappa shape index (κ3) is 4.11. The SMILES string of the molecule is CCOc1ccc(NC(=O)c2cc(S(C)(=O)=O)ccc2C)cc1F. The van der Waals surface area contributed by atoms with E-state index in [0.717, 1.165) is 12.3 Å². The van der Waals surface area contributed by atoms with Gasteiger partial charge < -0.3 is 10.1 Å². The average Bonchev–Trinajstić information content (AvgIpc) is 2.49. The first-order chi connectivity index (χ1) is 11.2. The maximum absolute atomic E-state index is 13.8. The fraction of sp³-hybridized carbons (Fsp3) is 0.235. The van der Waals surface area contributed by atoms with Crippen LogP contribution in [0.4, 0.5) is 10.1 Å². The largest absolute Gasteiger partial charge is 0.491 e. The van der Waals surface area contributed by atoms with Gasteiger partial charge >= 0.3 is 0 Å². The van der Waals surface area contributed by atoms with Gasteiger partial charge in [0.15, 0.2) is 21.4 Å². The number of benzene rings is 2. The quantitative estimate of drug-likeness (QED) is 0.898. The van der Waals surface area contributed by atoms with Crippen molar-refractivity contribution in [1.82, 2.24) is 0 Å². The second kappa shape index (κ2) is 7.00. The van der Waals surface area contributed by atoms with Crippen molar-refractivity contribution in [2.75, 3.05) is 18.2 Å². The van der Waals surface area contributed by atoms with E-state index >= 15 is 0 Å². The Morgan fingerprint density at radius 2 is 1.92 bits per heavy atom. The summed E-state index contributed by atoms with van der Waals surface area (Å²) in [5.74, 6) is -0.997. The fourth-order valence-corrected chi connectivity index (χ4v) is 2.77. The molecule has 5 nitrogen and oxygen atoms in total. The molecular weight excluding hydrogens is 333 g/mol. The lowest BCUT2D eigenvalue weighted by Gasteiger charge is -2.11. The highest BCUT2D eigenvalue weighted by Crippen LogP contribution is 2.22. The molecule has 0 fully saturated rings. The van der Waals surface area contributed by atoms with Gasteiger partial charge in [-0.3, -0.25) is 4.79 Å². The summed E-state index contributed by atoms with van der Waals surface area (Å²) >= 11 is 0. The monoisotopic (exact) mass is 351 g/mol. The van der Waals surface area contributed by atoms with E-state index in [-0.39, 0.29) is 21.9 Å².